The van der Waals surface area contributed by atoms with E-state index in [0.29, 0.717) is 26.9 Å². The van der Waals surface area contributed by atoms with Gasteiger partial charge in [0, 0.05) is 34.2 Å². The van der Waals surface area contributed by atoms with Crippen LogP contribution in [0.2, 0.25) is 10.2 Å². The maximum Gasteiger partial charge on any atom is 0.150 e. The van der Waals surface area contributed by atoms with E-state index < -0.39 is 5.82 Å². The standard InChI is InChI=1S/C19H11BrCl2FN3/c20-12-9-14-17(21)15(19(22)25-18(14)16(23)10-12)8-11-2-4-13(5-3-11)26-7-1-6-24-26/h1-7,9-10H,8H2. The van der Waals surface area contributed by atoms with E-state index in [1.54, 1.807) is 16.9 Å². The van der Waals surface area contributed by atoms with Gasteiger partial charge in [-0.15, -0.1) is 0 Å². The molecule has 0 fully saturated rings. The average Bonchev–Trinajstić information content (AvgIpc) is 3.15. The van der Waals surface area contributed by atoms with Crippen molar-refractivity contribution in [3.05, 3.63) is 86.5 Å². The van der Waals surface area contributed by atoms with Gasteiger partial charge in [-0.05, 0) is 35.9 Å². The molecule has 2 heterocycles. The van der Waals surface area contributed by atoms with Crippen molar-refractivity contribution in [3.8, 4) is 5.69 Å². The largest absolute Gasteiger partial charge is 0.241 e. The topological polar surface area (TPSA) is 30.7 Å². The Kier molecular flexibility index (Phi) is 4.69. The second-order valence-corrected chi connectivity index (χ2v) is 7.42. The molecular weight excluding hydrogens is 440 g/mol. The van der Waals surface area contributed by atoms with Gasteiger partial charge in [0.05, 0.1) is 10.7 Å². The van der Waals surface area contributed by atoms with Crippen LogP contribution in [0.15, 0.2) is 59.3 Å². The molecular formula is C19H11BrCl2FN3. The molecule has 7 heteroatoms. The molecule has 0 saturated heterocycles. The molecule has 0 aliphatic heterocycles. The number of benzene rings is 2. The Bertz CT molecular complexity index is 1100. The summed E-state index contributed by atoms with van der Waals surface area (Å²) in [5, 5.41) is 5.36. The number of aromatic nitrogens is 3. The Morgan fingerprint density at radius 2 is 1.88 bits per heavy atom. The van der Waals surface area contributed by atoms with Gasteiger partial charge in [-0.3, -0.25) is 0 Å². The highest BCUT2D eigenvalue weighted by atomic mass is 79.9. The minimum absolute atomic E-state index is 0.168. The van der Waals surface area contributed by atoms with Gasteiger partial charge in [0.2, 0.25) is 0 Å². The van der Waals surface area contributed by atoms with E-state index in [0.717, 1.165) is 11.3 Å². The molecule has 0 radical (unpaired) electrons. The van der Waals surface area contributed by atoms with Crippen LogP contribution < -0.4 is 0 Å². The van der Waals surface area contributed by atoms with Crippen molar-refractivity contribution in [2.24, 2.45) is 0 Å². The Morgan fingerprint density at radius 3 is 2.58 bits per heavy atom. The maximum absolute atomic E-state index is 14.1. The summed E-state index contributed by atoms with van der Waals surface area (Å²) < 4.78 is 16.5. The summed E-state index contributed by atoms with van der Waals surface area (Å²) in [4.78, 5) is 4.20. The van der Waals surface area contributed by atoms with Crippen LogP contribution in [0.3, 0.4) is 0 Å². The lowest BCUT2D eigenvalue weighted by molar-refractivity contribution is 0.636. The predicted molar refractivity (Wildman–Crippen MR) is 106 cm³/mol. The maximum atomic E-state index is 14.1. The molecule has 2 aromatic carbocycles. The first-order valence-electron chi connectivity index (χ1n) is 7.74. The van der Waals surface area contributed by atoms with Crippen LogP contribution in [-0.2, 0) is 6.42 Å². The average molecular weight is 451 g/mol. The van der Waals surface area contributed by atoms with Gasteiger partial charge in [-0.1, -0.05) is 51.3 Å². The SMILES string of the molecule is Fc1cc(Br)cc2c(Cl)c(Cc3ccc(-n4cccn4)cc3)c(Cl)nc12. The van der Waals surface area contributed by atoms with E-state index in [4.69, 9.17) is 23.2 Å². The van der Waals surface area contributed by atoms with Crippen molar-refractivity contribution in [3.63, 3.8) is 0 Å². The molecule has 0 aliphatic carbocycles. The van der Waals surface area contributed by atoms with Crippen molar-refractivity contribution in [1.82, 2.24) is 14.8 Å². The minimum Gasteiger partial charge on any atom is -0.241 e. The van der Waals surface area contributed by atoms with Crippen LogP contribution >= 0.6 is 39.1 Å². The lowest BCUT2D eigenvalue weighted by Crippen LogP contribution is -1.98. The second-order valence-electron chi connectivity index (χ2n) is 5.77. The fourth-order valence-electron chi connectivity index (χ4n) is 2.81. The second kappa shape index (κ2) is 6.99. The molecule has 4 aromatic rings. The Hall–Kier alpha value is -1.95. The predicted octanol–water partition coefficient (Wildman–Crippen LogP) is 6.22. The third-order valence-corrected chi connectivity index (χ3v) is 5.28. The zero-order valence-corrected chi connectivity index (χ0v) is 16.4. The molecule has 0 atom stereocenters. The molecule has 130 valence electrons. The Morgan fingerprint density at radius 1 is 1.12 bits per heavy atom. The molecule has 0 unspecified atom stereocenters. The number of hydrogen-bond acceptors (Lipinski definition) is 2. The number of rotatable bonds is 3. The van der Waals surface area contributed by atoms with Crippen LogP contribution in [0, 0.1) is 5.82 Å². The monoisotopic (exact) mass is 449 g/mol. The lowest BCUT2D eigenvalue weighted by Gasteiger charge is -2.11. The zero-order chi connectivity index (χ0) is 18.3. The van der Waals surface area contributed by atoms with Crippen molar-refractivity contribution in [1.29, 1.82) is 0 Å². The first-order chi connectivity index (χ1) is 12.5. The smallest absolute Gasteiger partial charge is 0.150 e. The van der Waals surface area contributed by atoms with Gasteiger partial charge in [0.15, 0.2) is 5.82 Å². The molecule has 3 nitrogen and oxygen atoms in total. The zero-order valence-electron chi connectivity index (χ0n) is 13.3. The molecule has 2 aromatic heterocycles. The first kappa shape index (κ1) is 17.5. The van der Waals surface area contributed by atoms with Crippen molar-refractivity contribution in [2.45, 2.75) is 6.42 Å². The Balaban J connectivity index is 1.73. The van der Waals surface area contributed by atoms with Gasteiger partial charge >= 0.3 is 0 Å². The fourth-order valence-corrected chi connectivity index (χ4v) is 3.83. The highest BCUT2D eigenvalue weighted by molar-refractivity contribution is 9.10. The minimum atomic E-state index is -0.465. The highest BCUT2D eigenvalue weighted by Gasteiger charge is 2.16. The fraction of sp³-hybridized carbons (Fsp3) is 0.0526. The summed E-state index contributed by atoms with van der Waals surface area (Å²) in [6.07, 6.45) is 4.10. The number of pyridine rings is 1. The first-order valence-corrected chi connectivity index (χ1v) is 9.29. The summed E-state index contributed by atoms with van der Waals surface area (Å²) in [5.41, 5.74) is 2.81. The quantitative estimate of drug-likeness (QED) is 0.347. The van der Waals surface area contributed by atoms with Crippen LogP contribution in [0.25, 0.3) is 16.6 Å². The van der Waals surface area contributed by atoms with Gasteiger partial charge in [0.25, 0.3) is 0 Å². The van der Waals surface area contributed by atoms with Crippen LogP contribution in [0.4, 0.5) is 4.39 Å². The molecule has 0 aliphatic rings. The number of halogens is 4. The van der Waals surface area contributed by atoms with Crippen molar-refractivity contribution < 1.29 is 4.39 Å². The summed E-state index contributed by atoms with van der Waals surface area (Å²) >= 11 is 16.1. The molecule has 0 amide bonds. The van der Waals surface area contributed by atoms with E-state index in [1.807, 2.05) is 36.5 Å². The highest BCUT2D eigenvalue weighted by Crippen LogP contribution is 2.35. The molecule has 0 saturated carbocycles. The van der Waals surface area contributed by atoms with Crippen LogP contribution in [-0.4, -0.2) is 14.8 Å². The summed E-state index contributed by atoms with van der Waals surface area (Å²) in [6.45, 7) is 0. The number of fused-ring (bicyclic) bond motifs is 1. The van der Waals surface area contributed by atoms with E-state index in [-0.39, 0.29) is 10.7 Å². The van der Waals surface area contributed by atoms with Gasteiger partial charge in [-0.25, -0.2) is 14.1 Å². The molecule has 0 spiro atoms. The number of hydrogen-bond donors (Lipinski definition) is 0. The third kappa shape index (κ3) is 3.22. The van der Waals surface area contributed by atoms with E-state index in [2.05, 4.69) is 26.0 Å². The lowest BCUT2D eigenvalue weighted by atomic mass is 10.0. The van der Waals surface area contributed by atoms with Crippen LogP contribution in [0.1, 0.15) is 11.1 Å². The van der Waals surface area contributed by atoms with Gasteiger partial charge in [0.1, 0.15) is 10.7 Å². The summed E-state index contributed by atoms with van der Waals surface area (Å²) in [6, 6.07) is 12.9. The van der Waals surface area contributed by atoms with Gasteiger partial charge in [-0.2, -0.15) is 5.10 Å². The molecule has 4 rings (SSSR count). The molecule has 26 heavy (non-hydrogen) atoms. The van der Waals surface area contributed by atoms with E-state index >= 15 is 0 Å². The van der Waals surface area contributed by atoms with Crippen molar-refractivity contribution in [2.75, 3.05) is 0 Å². The molecule has 0 N–H and O–H groups in total. The van der Waals surface area contributed by atoms with Gasteiger partial charge < -0.3 is 0 Å². The van der Waals surface area contributed by atoms with E-state index in [9.17, 15) is 4.39 Å². The normalized spacial score (nSPS) is 11.2. The summed E-state index contributed by atoms with van der Waals surface area (Å²) in [7, 11) is 0. The Labute approximate surface area is 167 Å². The van der Waals surface area contributed by atoms with Crippen LogP contribution in [0.5, 0.6) is 0 Å². The number of nitrogens with zero attached hydrogens (tertiary/aromatic N) is 3. The third-order valence-electron chi connectivity index (χ3n) is 4.07. The van der Waals surface area contributed by atoms with Crippen molar-refractivity contribution >= 4 is 50.0 Å². The van der Waals surface area contributed by atoms with E-state index in [1.165, 1.54) is 6.07 Å². The summed E-state index contributed by atoms with van der Waals surface area (Å²) in [5.74, 6) is -0.465. The molecule has 0 bridgehead atoms.